The molecule has 1 unspecified atom stereocenters. The number of hydrazine groups is 1. The quantitative estimate of drug-likeness (QED) is 0.664. The molecule has 0 spiro atoms. The topological polar surface area (TPSA) is 38.0 Å². The first-order valence-electron chi connectivity index (χ1n) is 5.69. The molecule has 2 aromatic carbocycles. The van der Waals surface area contributed by atoms with Gasteiger partial charge in [0.2, 0.25) is 0 Å². The highest BCUT2D eigenvalue weighted by Gasteiger charge is 2.16. The van der Waals surface area contributed by atoms with Crippen LogP contribution in [0, 0.1) is 12.7 Å². The summed E-state index contributed by atoms with van der Waals surface area (Å²) in [5.74, 6) is 5.34. The molecule has 3 N–H and O–H groups in total. The summed E-state index contributed by atoms with van der Waals surface area (Å²) in [6.07, 6.45) is 0. The lowest BCUT2D eigenvalue weighted by Crippen LogP contribution is -2.29. The Morgan fingerprint density at radius 3 is 2.26 bits per heavy atom. The van der Waals surface area contributed by atoms with Crippen molar-refractivity contribution >= 4 is 23.2 Å². The van der Waals surface area contributed by atoms with Gasteiger partial charge in [-0.2, -0.15) is 0 Å². The molecule has 0 bridgehead atoms. The highest BCUT2D eigenvalue weighted by molar-refractivity contribution is 6.34. The Morgan fingerprint density at radius 2 is 1.74 bits per heavy atom. The summed E-state index contributed by atoms with van der Waals surface area (Å²) >= 11 is 12.0. The van der Waals surface area contributed by atoms with Gasteiger partial charge in [-0.25, -0.2) is 9.82 Å². The molecule has 5 heteroatoms. The fraction of sp³-hybridized carbons (Fsp3) is 0.143. The molecule has 2 rings (SSSR count). The molecule has 0 radical (unpaired) electrons. The lowest BCUT2D eigenvalue weighted by Gasteiger charge is -2.19. The molecule has 0 saturated carbocycles. The van der Waals surface area contributed by atoms with E-state index in [9.17, 15) is 4.39 Å². The van der Waals surface area contributed by atoms with Crippen LogP contribution in [-0.2, 0) is 0 Å². The highest BCUT2D eigenvalue weighted by atomic mass is 35.5. The number of nitrogens with two attached hydrogens (primary N) is 1. The van der Waals surface area contributed by atoms with Crippen molar-refractivity contribution in [3.8, 4) is 0 Å². The SMILES string of the molecule is Cc1cc(F)ccc1C(NN)c1cc(Cl)cc(Cl)c1. The Bertz CT molecular complexity index is 582. The van der Waals surface area contributed by atoms with E-state index >= 15 is 0 Å². The molecule has 1 atom stereocenters. The van der Waals surface area contributed by atoms with E-state index in [4.69, 9.17) is 29.0 Å². The van der Waals surface area contributed by atoms with E-state index in [-0.39, 0.29) is 11.9 Å². The van der Waals surface area contributed by atoms with Gasteiger partial charge in [0.25, 0.3) is 0 Å². The number of aryl methyl sites for hydroxylation is 1. The molecule has 0 aromatic heterocycles. The van der Waals surface area contributed by atoms with Crippen LogP contribution in [0.25, 0.3) is 0 Å². The molecule has 0 aliphatic rings. The van der Waals surface area contributed by atoms with Gasteiger partial charge < -0.3 is 0 Å². The van der Waals surface area contributed by atoms with Gasteiger partial charge in [0.15, 0.2) is 0 Å². The molecule has 2 nitrogen and oxygen atoms in total. The van der Waals surface area contributed by atoms with E-state index in [1.807, 2.05) is 6.92 Å². The Hall–Kier alpha value is -1.13. The van der Waals surface area contributed by atoms with Crippen LogP contribution < -0.4 is 11.3 Å². The van der Waals surface area contributed by atoms with Crippen LogP contribution in [0.3, 0.4) is 0 Å². The standard InChI is InChI=1S/C14H13Cl2FN2/c1-8-4-12(17)2-3-13(8)14(19-18)9-5-10(15)7-11(16)6-9/h2-7,14,19H,18H2,1H3. The average Bonchev–Trinajstić information content (AvgIpc) is 2.31. The number of nitrogens with one attached hydrogen (secondary N) is 1. The first kappa shape index (κ1) is 14.3. The molecule has 100 valence electrons. The minimum absolute atomic E-state index is 0.277. The van der Waals surface area contributed by atoms with Gasteiger partial charge in [-0.1, -0.05) is 29.3 Å². The molecule has 0 saturated heterocycles. The number of halogens is 3. The Labute approximate surface area is 121 Å². The maximum Gasteiger partial charge on any atom is 0.123 e. The zero-order valence-electron chi connectivity index (χ0n) is 10.3. The van der Waals surface area contributed by atoms with E-state index < -0.39 is 0 Å². The van der Waals surface area contributed by atoms with Crippen molar-refractivity contribution < 1.29 is 4.39 Å². The zero-order chi connectivity index (χ0) is 14.0. The third-order valence-electron chi connectivity index (χ3n) is 2.93. The second-order valence-corrected chi connectivity index (χ2v) is 5.18. The normalized spacial score (nSPS) is 12.5. The molecule has 0 amide bonds. The van der Waals surface area contributed by atoms with Gasteiger partial charge in [0.1, 0.15) is 5.82 Å². The zero-order valence-corrected chi connectivity index (χ0v) is 11.8. The van der Waals surface area contributed by atoms with E-state index in [0.29, 0.717) is 10.0 Å². The van der Waals surface area contributed by atoms with Gasteiger partial charge >= 0.3 is 0 Å². The second-order valence-electron chi connectivity index (χ2n) is 4.30. The fourth-order valence-corrected chi connectivity index (χ4v) is 2.61. The molecule has 19 heavy (non-hydrogen) atoms. The summed E-state index contributed by atoms with van der Waals surface area (Å²) in [5, 5.41) is 1.06. The summed E-state index contributed by atoms with van der Waals surface area (Å²) in [4.78, 5) is 0. The second kappa shape index (κ2) is 5.88. The first-order valence-corrected chi connectivity index (χ1v) is 6.45. The predicted molar refractivity (Wildman–Crippen MR) is 76.8 cm³/mol. The van der Waals surface area contributed by atoms with E-state index in [1.54, 1.807) is 24.3 Å². The third-order valence-corrected chi connectivity index (χ3v) is 3.36. The Balaban J connectivity index is 2.49. The predicted octanol–water partition coefficient (Wildman–Crippen LogP) is 3.99. The number of benzene rings is 2. The summed E-state index contributed by atoms with van der Waals surface area (Å²) in [5.41, 5.74) is 5.22. The van der Waals surface area contributed by atoms with Crippen molar-refractivity contribution in [3.05, 3.63) is 69.0 Å². The van der Waals surface area contributed by atoms with Crippen molar-refractivity contribution in [2.24, 2.45) is 5.84 Å². The molecule has 0 heterocycles. The van der Waals surface area contributed by atoms with Gasteiger partial charge in [-0.15, -0.1) is 0 Å². The van der Waals surface area contributed by atoms with E-state index in [0.717, 1.165) is 16.7 Å². The summed E-state index contributed by atoms with van der Waals surface area (Å²) in [6, 6.07) is 9.48. The average molecular weight is 299 g/mol. The van der Waals surface area contributed by atoms with E-state index in [1.165, 1.54) is 12.1 Å². The van der Waals surface area contributed by atoms with Crippen LogP contribution in [0.2, 0.25) is 10.0 Å². The molecule has 2 aromatic rings. The molecule has 0 fully saturated rings. The van der Waals surface area contributed by atoms with E-state index in [2.05, 4.69) is 5.43 Å². The van der Waals surface area contributed by atoms with Gasteiger partial charge in [-0.3, -0.25) is 5.84 Å². The van der Waals surface area contributed by atoms with Crippen molar-refractivity contribution in [1.29, 1.82) is 0 Å². The Kier molecular flexibility index (Phi) is 4.42. The first-order chi connectivity index (χ1) is 9.01. The van der Waals surface area contributed by atoms with Crippen molar-refractivity contribution in [2.45, 2.75) is 13.0 Å². The van der Waals surface area contributed by atoms with Gasteiger partial charge in [-0.05, 0) is 53.9 Å². The van der Waals surface area contributed by atoms with Crippen LogP contribution >= 0.6 is 23.2 Å². The summed E-state index contributed by atoms with van der Waals surface area (Å²) in [7, 11) is 0. The third kappa shape index (κ3) is 3.25. The van der Waals surface area contributed by atoms with Gasteiger partial charge in [0, 0.05) is 10.0 Å². The minimum Gasteiger partial charge on any atom is -0.271 e. The minimum atomic E-state index is -0.295. The lowest BCUT2D eigenvalue weighted by molar-refractivity contribution is 0.612. The largest absolute Gasteiger partial charge is 0.271 e. The molecule has 0 aliphatic carbocycles. The maximum atomic E-state index is 13.2. The molecular weight excluding hydrogens is 286 g/mol. The number of rotatable bonds is 3. The number of hydrogen-bond donors (Lipinski definition) is 2. The maximum absolute atomic E-state index is 13.2. The van der Waals surface area contributed by atoms with Crippen molar-refractivity contribution in [2.75, 3.05) is 0 Å². The smallest absolute Gasteiger partial charge is 0.123 e. The monoisotopic (exact) mass is 298 g/mol. The fourth-order valence-electron chi connectivity index (χ4n) is 2.07. The number of hydrogen-bond acceptors (Lipinski definition) is 2. The summed E-state index contributed by atoms with van der Waals surface area (Å²) < 4.78 is 13.2. The Morgan fingerprint density at radius 1 is 1.11 bits per heavy atom. The van der Waals surface area contributed by atoms with Gasteiger partial charge in [0.05, 0.1) is 6.04 Å². The van der Waals surface area contributed by atoms with Crippen LogP contribution in [0.1, 0.15) is 22.7 Å². The lowest BCUT2D eigenvalue weighted by atomic mass is 9.95. The highest BCUT2D eigenvalue weighted by Crippen LogP contribution is 2.29. The summed E-state index contributed by atoms with van der Waals surface area (Å²) in [6.45, 7) is 1.83. The molecule has 0 aliphatic heterocycles. The van der Waals surface area contributed by atoms with Crippen LogP contribution in [0.15, 0.2) is 36.4 Å². The van der Waals surface area contributed by atoms with Crippen LogP contribution in [0.5, 0.6) is 0 Å². The van der Waals surface area contributed by atoms with Crippen molar-refractivity contribution in [3.63, 3.8) is 0 Å². The van der Waals surface area contributed by atoms with Crippen LogP contribution in [0.4, 0.5) is 4.39 Å². The van der Waals surface area contributed by atoms with Crippen LogP contribution in [-0.4, -0.2) is 0 Å². The molecular formula is C14H13Cl2FN2. The van der Waals surface area contributed by atoms with Crippen molar-refractivity contribution in [1.82, 2.24) is 5.43 Å².